The molecule has 8 nitrogen and oxygen atoms in total. The summed E-state index contributed by atoms with van der Waals surface area (Å²) in [4.78, 5) is 0. The summed E-state index contributed by atoms with van der Waals surface area (Å²) in [5.41, 5.74) is 9.21. The van der Waals surface area contributed by atoms with E-state index >= 15 is 0 Å². The van der Waals surface area contributed by atoms with Crippen LogP contribution in [0.4, 0.5) is 0 Å². The molecule has 0 unspecified atom stereocenters. The van der Waals surface area contributed by atoms with Crippen molar-refractivity contribution < 1.29 is 9.47 Å². The Labute approximate surface area is 279 Å². The van der Waals surface area contributed by atoms with Crippen LogP contribution < -0.4 is 9.47 Å². The van der Waals surface area contributed by atoms with E-state index in [0.29, 0.717) is 33.8 Å². The van der Waals surface area contributed by atoms with Crippen molar-refractivity contribution >= 4 is 43.6 Å². The van der Waals surface area contributed by atoms with Gasteiger partial charge in [0.05, 0.1) is 68.6 Å². The maximum atomic E-state index is 9.64. The van der Waals surface area contributed by atoms with Crippen LogP contribution >= 0.6 is 0 Å². The molecule has 0 saturated carbocycles. The predicted octanol–water partition coefficient (Wildman–Crippen LogP) is 8.76. The highest BCUT2D eigenvalue weighted by Crippen LogP contribution is 2.44. The maximum absolute atomic E-state index is 9.64. The molecule has 8 heteroatoms. The van der Waals surface area contributed by atoms with Crippen LogP contribution in [0.25, 0.3) is 66.1 Å². The van der Waals surface area contributed by atoms with E-state index in [0.717, 1.165) is 66.1 Å². The third-order valence-corrected chi connectivity index (χ3v) is 9.21. The van der Waals surface area contributed by atoms with Crippen molar-refractivity contribution in [2.75, 3.05) is 6.79 Å². The van der Waals surface area contributed by atoms with Gasteiger partial charge in [-0.05, 0) is 109 Å². The smallest absolute Gasteiger partial charge is 0.230 e. The number of fused-ring (bicyclic) bond motifs is 9. The number of nitriles is 4. The Hall–Kier alpha value is -7.52. The fourth-order valence-corrected chi connectivity index (χ4v) is 7.02. The second-order valence-electron chi connectivity index (χ2n) is 11.8. The lowest BCUT2D eigenvalue weighted by molar-refractivity contribution is 0.125. The molecule has 0 spiro atoms. The average Bonchev–Trinajstić information content (AvgIpc) is 3.58. The second kappa shape index (κ2) is 10.5. The molecule has 6 aromatic carbocycles. The van der Waals surface area contributed by atoms with E-state index in [9.17, 15) is 21.0 Å². The van der Waals surface area contributed by atoms with Crippen molar-refractivity contribution in [3.63, 3.8) is 0 Å². The zero-order valence-corrected chi connectivity index (χ0v) is 25.6. The Kier molecular flexibility index (Phi) is 5.95. The minimum Gasteiger partial charge on any atom is -0.457 e. The Morgan fingerprint density at radius 1 is 0.408 bits per heavy atom. The second-order valence-corrected chi connectivity index (χ2v) is 11.8. The number of hydrogen-bond donors (Lipinski definition) is 0. The molecule has 8 aromatic rings. The van der Waals surface area contributed by atoms with Gasteiger partial charge < -0.3 is 18.6 Å². The van der Waals surface area contributed by atoms with Crippen LogP contribution in [-0.4, -0.2) is 15.9 Å². The van der Waals surface area contributed by atoms with Gasteiger partial charge in [-0.3, -0.25) is 0 Å². The fraction of sp³-hybridized carbons (Fsp3) is 0.0244. The molecule has 226 valence electrons. The summed E-state index contributed by atoms with van der Waals surface area (Å²) >= 11 is 0. The molecule has 1 aliphatic rings. The highest BCUT2D eigenvalue weighted by Gasteiger charge is 2.22. The molecule has 0 aliphatic carbocycles. The minimum absolute atomic E-state index is 0.0468. The van der Waals surface area contributed by atoms with Crippen LogP contribution in [-0.2, 0) is 0 Å². The van der Waals surface area contributed by atoms with E-state index in [-0.39, 0.29) is 6.79 Å². The average molecular weight is 629 g/mol. The molecular weight excluding hydrogens is 608 g/mol. The SMILES string of the molecule is N#Cc1ccc2c(c1)c1cc(C#N)ccc1n2-c1ccc2c(c1)-c1cc(-n3c4ccc(C#N)cc4c4cc(C#N)ccc43)ccc1OCO2. The van der Waals surface area contributed by atoms with Crippen LogP contribution in [0.5, 0.6) is 11.5 Å². The number of benzene rings is 6. The van der Waals surface area contributed by atoms with Crippen molar-refractivity contribution in [2.24, 2.45) is 0 Å². The Morgan fingerprint density at radius 3 is 1.04 bits per heavy atom. The molecule has 0 saturated heterocycles. The number of nitrogens with zero attached hydrogens (tertiary/aromatic N) is 6. The van der Waals surface area contributed by atoms with Gasteiger partial charge in [-0.2, -0.15) is 21.0 Å². The van der Waals surface area contributed by atoms with Crippen LogP contribution in [0.2, 0.25) is 0 Å². The van der Waals surface area contributed by atoms with Gasteiger partial charge in [-0.15, -0.1) is 0 Å². The quantitative estimate of drug-likeness (QED) is 0.189. The van der Waals surface area contributed by atoms with Gasteiger partial charge >= 0.3 is 0 Å². The molecule has 0 amide bonds. The standard InChI is InChI=1S/C41H20N6O2/c42-19-24-1-7-36-30(13-24)31-14-25(20-43)2-8-37(31)46(36)28-5-11-40-34(17-28)35-18-29(6-12-41(35)49-23-48-40)47-38-9-3-26(21-44)15-32(38)33-16-27(22-45)4-10-39(33)47/h1-18H,23H2. The molecule has 0 bridgehead atoms. The van der Waals surface area contributed by atoms with Crippen molar-refractivity contribution in [3.8, 4) is 58.3 Å². The molecule has 2 aromatic heterocycles. The van der Waals surface area contributed by atoms with Crippen molar-refractivity contribution in [1.82, 2.24) is 9.13 Å². The van der Waals surface area contributed by atoms with E-state index in [1.807, 2.05) is 72.8 Å². The summed E-state index contributed by atoms with van der Waals surface area (Å²) in [5.74, 6) is 1.33. The highest BCUT2D eigenvalue weighted by molar-refractivity contribution is 6.11. The first kappa shape index (κ1) is 27.8. The van der Waals surface area contributed by atoms with E-state index < -0.39 is 0 Å². The van der Waals surface area contributed by atoms with Crippen LogP contribution in [0.15, 0.2) is 109 Å². The maximum Gasteiger partial charge on any atom is 0.230 e. The summed E-state index contributed by atoms with van der Waals surface area (Å²) in [7, 11) is 0. The Bertz CT molecular complexity index is 2580. The van der Waals surface area contributed by atoms with Gasteiger partial charge in [0.1, 0.15) is 11.5 Å². The largest absolute Gasteiger partial charge is 0.457 e. The topological polar surface area (TPSA) is 123 Å². The highest BCUT2D eigenvalue weighted by atomic mass is 16.7. The lowest BCUT2D eigenvalue weighted by atomic mass is 10.0. The van der Waals surface area contributed by atoms with E-state index in [1.54, 1.807) is 24.3 Å². The normalized spacial score (nSPS) is 11.8. The predicted molar refractivity (Wildman–Crippen MR) is 186 cm³/mol. The number of rotatable bonds is 2. The summed E-state index contributed by atoms with van der Waals surface area (Å²) < 4.78 is 16.4. The molecule has 3 heterocycles. The minimum atomic E-state index is 0.0468. The van der Waals surface area contributed by atoms with E-state index in [1.165, 1.54) is 0 Å². The van der Waals surface area contributed by atoms with Gasteiger partial charge in [0.15, 0.2) is 0 Å². The first-order valence-electron chi connectivity index (χ1n) is 15.4. The third-order valence-electron chi connectivity index (χ3n) is 9.21. The molecule has 0 atom stereocenters. The lowest BCUT2D eigenvalue weighted by Gasteiger charge is -2.15. The monoisotopic (exact) mass is 628 g/mol. The van der Waals surface area contributed by atoms with Crippen molar-refractivity contribution in [1.29, 1.82) is 21.0 Å². The van der Waals surface area contributed by atoms with Crippen molar-refractivity contribution in [3.05, 3.63) is 131 Å². The number of hydrogen-bond acceptors (Lipinski definition) is 6. The summed E-state index contributed by atoms with van der Waals surface area (Å²) in [6.45, 7) is 0.0468. The molecule has 0 fully saturated rings. The third kappa shape index (κ3) is 4.13. The molecular formula is C41H20N6O2. The van der Waals surface area contributed by atoms with E-state index in [4.69, 9.17) is 9.47 Å². The first-order chi connectivity index (χ1) is 24.1. The Balaban J connectivity index is 1.28. The molecule has 49 heavy (non-hydrogen) atoms. The van der Waals surface area contributed by atoms with E-state index in [2.05, 4.69) is 45.5 Å². The van der Waals surface area contributed by atoms with Gasteiger partial charge in [0, 0.05) is 44.0 Å². The summed E-state index contributed by atoms with van der Waals surface area (Å²) in [6, 6.07) is 43.4. The van der Waals surface area contributed by atoms with Crippen LogP contribution in [0, 0.1) is 45.3 Å². The van der Waals surface area contributed by atoms with Gasteiger partial charge in [-0.25, -0.2) is 0 Å². The fourth-order valence-electron chi connectivity index (χ4n) is 7.02. The zero-order valence-electron chi connectivity index (χ0n) is 25.6. The van der Waals surface area contributed by atoms with Crippen LogP contribution in [0.1, 0.15) is 22.3 Å². The molecule has 0 N–H and O–H groups in total. The van der Waals surface area contributed by atoms with Crippen LogP contribution in [0.3, 0.4) is 0 Å². The molecule has 9 rings (SSSR count). The lowest BCUT2D eigenvalue weighted by Crippen LogP contribution is -2.03. The summed E-state index contributed by atoms with van der Waals surface area (Å²) in [6.07, 6.45) is 0. The summed E-state index contributed by atoms with van der Waals surface area (Å²) in [5, 5.41) is 42.1. The van der Waals surface area contributed by atoms with Crippen molar-refractivity contribution in [2.45, 2.75) is 0 Å². The molecule has 1 aliphatic heterocycles. The van der Waals surface area contributed by atoms with Gasteiger partial charge in [-0.1, -0.05) is 0 Å². The number of aromatic nitrogens is 2. The zero-order chi connectivity index (χ0) is 33.2. The molecule has 0 radical (unpaired) electrons. The number of ether oxygens (including phenoxy) is 2. The Morgan fingerprint density at radius 2 is 0.735 bits per heavy atom. The first-order valence-corrected chi connectivity index (χ1v) is 15.4. The van der Waals surface area contributed by atoms with Gasteiger partial charge in [0.2, 0.25) is 6.79 Å². The van der Waals surface area contributed by atoms with Gasteiger partial charge in [0.25, 0.3) is 0 Å².